The number of fused-ring (bicyclic) bond motifs is 1. The first kappa shape index (κ1) is 14.7. The minimum Gasteiger partial charge on any atom is -0.487 e. The lowest BCUT2D eigenvalue weighted by molar-refractivity contribution is -0.385. The Hall–Kier alpha value is -3.22. The maximum Gasteiger partial charge on any atom is 0.276 e. The summed E-state index contributed by atoms with van der Waals surface area (Å²) in [5, 5.41) is 10.9. The molecule has 0 aliphatic rings. The third kappa shape index (κ3) is 2.89. The molecule has 2 heterocycles. The molecule has 23 heavy (non-hydrogen) atoms. The van der Waals surface area contributed by atoms with Crippen LogP contribution in [0, 0.1) is 17.0 Å². The van der Waals surface area contributed by atoms with Gasteiger partial charge in [-0.1, -0.05) is 12.1 Å². The van der Waals surface area contributed by atoms with E-state index in [1.807, 2.05) is 0 Å². The first-order chi connectivity index (χ1) is 11.1. The summed E-state index contributed by atoms with van der Waals surface area (Å²) in [6, 6.07) is 11.3. The van der Waals surface area contributed by atoms with Crippen molar-refractivity contribution < 1.29 is 9.66 Å². The average Bonchev–Trinajstić information content (AvgIpc) is 2.53. The first-order valence-electron chi connectivity index (χ1n) is 6.90. The van der Waals surface area contributed by atoms with Crippen LogP contribution in [-0.2, 0) is 6.61 Å². The molecule has 0 aliphatic heterocycles. The van der Waals surface area contributed by atoms with Crippen LogP contribution in [0.5, 0.6) is 5.75 Å². The number of hydrogen-bond acceptors (Lipinski definition) is 5. The molecule has 0 saturated heterocycles. The summed E-state index contributed by atoms with van der Waals surface area (Å²) in [6.07, 6.45) is 1.64. The monoisotopic (exact) mass is 311 g/mol. The van der Waals surface area contributed by atoms with E-state index in [9.17, 15) is 14.9 Å². The number of benzene rings is 1. The highest BCUT2D eigenvalue weighted by Crippen LogP contribution is 2.27. The molecule has 3 aromatic rings. The van der Waals surface area contributed by atoms with Gasteiger partial charge in [0.2, 0.25) is 0 Å². The molecule has 116 valence electrons. The van der Waals surface area contributed by atoms with E-state index < -0.39 is 4.92 Å². The lowest BCUT2D eigenvalue weighted by Crippen LogP contribution is -2.16. The Morgan fingerprint density at radius 2 is 2.09 bits per heavy atom. The number of nitro benzene ring substituents is 1. The van der Waals surface area contributed by atoms with Crippen LogP contribution in [0.15, 0.2) is 53.5 Å². The Labute approximate surface area is 130 Å². The van der Waals surface area contributed by atoms with Gasteiger partial charge in [0.15, 0.2) is 0 Å². The van der Waals surface area contributed by atoms with Crippen molar-refractivity contribution in [1.29, 1.82) is 0 Å². The van der Waals surface area contributed by atoms with E-state index >= 15 is 0 Å². The standard InChI is InChI=1S/C16H13N3O4/c1-11-13(19(21)22)5-4-6-14(11)23-10-12-9-16(20)18-8-3-2-7-15(18)17-12/h2-9H,10H2,1H3. The summed E-state index contributed by atoms with van der Waals surface area (Å²) in [6.45, 7) is 1.68. The third-order valence-electron chi connectivity index (χ3n) is 3.45. The molecule has 0 amide bonds. The van der Waals surface area contributed by atoms with Gasteiger partial charge in [-0.25, -0.2) is 4.98 Å². The zero-order valence-corrected chi connectivity index (χ0v) is 12.3. The molecule has 0 aliphatic carbocycles. The van der Waals surface area contributed by atoms with E-state index in [2.05, 4.69) is 4.98 Å². The maximum absolute atomic E-state index is 12.0. The molecule has 0 radical (unpaired) electrons. The zero-order valence-electron chi connectivity index (χ0n) is 12.3. The van der Waals surface area contributed by atoms with Crippen molar-refractivity contribution >= 4 is 11.3 Å². The number of pyridine rings is 1. The highest BCUT2D eigenvalue weighted by atomic mass is 16.6. The van der Waals surface area contributed by atoms with E-state index in [0.29, 0.717) is 22.7 Å². The van der Waals surface area contributed by atoms with Gasteiger partial charge in [-0.15, -0.1) is 0 Å². The summed E-state index contributed by atoms with van der Waals surface area (Å²) in [5.41, 5.74) is 1.22. The molecule has 0 atom stereocenters. The molecule has 7 heteroatoms. The number of nitrogens with zero attached hydrogens (tertiary/aromatic N) is 3. The second-order valence-electron chi connectivity index (χ2n) is 4.96. The fourth-order valence-corrected chi connectivity index (χ4v) is 2.29. The van der Waals surface area contributed by atoms with Gasteiger partial charge in [0.05, 0.1) is 16.2 Å². The van der Waals surface area contributed by atoms with Crippen LogP contribution in [-0.4, -0.2) is 14.3 Å². The molecule has 0 unspecified atom stereocenters. The smallest absolute Gasteiger partial charge is 0.276 e. The van der Waals surface area contributed by atoms with Gasteiger partial charge in [-0.2, -0.15) is 0 Å². The van der Waals surface area contributed by atoms with Crippen molar-refractivity contribution in [1.82, 2.24) is 9.38 Å². The molecule has 0 spiro atoms. The van der Waals surface area contributed by atoms with Gasteiger partial charge in [-0.05, 0) is 25.1 Å². The minimum absolute atomic E-state index is 0.00552. The predicted octanol–water partition coefficient (Wildman–Crippen LogP) is 2.49. The molecule has 0 N–H and O–H groups in total. The largest absolute Gasteiger partial charge is 0.487 e. The quantitative estimate of drug-likeness (QED) is 0.545. The van der Waals surface area contributed by atoms with Crippen molar-refractivity contribution in [3.63, 3.8) is 0 Å². The van der Waals surface area contributed by atoms with Gasteiger partial charge < -0.3 is 4.74 Å². The Morgan fingerprint density at radius 3 is 2.87 bits per heavy atom. The Bertz CT molecular complexity index is 949. The van der Waals surface area contributed by atoms with Crippen LogP contribution in [0.3, 0.4) is 0 Å². The van der Waals surface area contributed by atoms with Crippen molar-refractivity contribution in [2.24, 2.45) is 0 Å². The van der Waals surface area contributed by atoms with Crippen LogP contribution in [0.25, 0.3) is 5.65 Å². The molecule has 2 aromatic heterocycles. The van der Waals surface area contributed by atoms with Crippen LogP contribution < -0.4 is 10.3 Å². The highest BCUT2D eigenvalue weighted by Gasteiger charge is 2.14. The molecule has 0 fully saturated rings. The second-order valence-corrected chi connectivity index (χ2v) is 4.96. The number of ether oxygens (including phenoxy) is 1. The van der Waals surface area contributed by atoms with Crippen molar-refractivity contribution in [3.8, 4) is 5.75 Å². The van der Waals surface area contributed by atoms with Crippen molar-refractivity contribution in [2.45, 2.75) is 13.5 Å². The SMILES string of the molecule is Cc1c(OCc2cc(=O)n3ccccc3n2)cccc1[N+](=O)[O-]. The molecular weight excluding hydrogens is 298 g/mol. The normalized spacial score (nSPS) is 10.7. The van der Waals surface area contributed by atoms with Gasteiger partial charge >= 0.3 is 0 Å². The molecular formula is C16H13N3O4. The van der Waals surface area contributed by atoms with Crippen molar-refractivity contribution in [2.75, 3.05) is 0 Å². The topological polar surface area (TPSA) is 86.7 Å². The molecule has 3 rings (SSSR count). The Balaban J connectivity index is 1.88. The minimum atomic E-state index is -0.455. The van der Waals surface area contributed by atoms with Gasteiger partial charge in [0, 0.05) is 18.3 Å². The van der Waals surface area contributed by atoms with E-state index in [1.165, 1.54) is 16.5 Å². The third-order valence-corrected chi connectivity index (χ3v) is 3.45. The van der Waals surface area contributed by atoms with E-state index in [4.69, 9.17) is 4.74 Å². The van der Waals surface area contributed by atoms with E-state index in [0.717, 1.165) is 0 Å². The summed E-state index contributed by atoms with van der Waals surface area (Å²) in [4.78, 5) is 26.8. The lowest BCUT2D eigenvalue weighted by Gasteiger charge is -2.09. The molecule has 0 bridgehead atoms. The molecule has 0 saturated carbocycles. The summed E-state index contributed by atoms with van der Waals surface area (Å²) in [5.74, 6) is 0.397. The maximum atomic E-state index is 12.0. The zero-order chi connectivity index (χ0) is 16.4. The first-order valence-corrected chi connectivity index (χ1v) is 6.90. The van der Waals surface area contributed by atoms with Crippen LogP contribution in [0.1, 0.15) is 11.3 Å². The van der Waals surface area contributed by atoms with Crippen LogP contribution in [0.2, 0.25) is 0 Å². The van der Waals surface area contributed by atoms with Crippen molar-refractivity contribution in [3.05, 3.63) is 80.4 Å². The Kier molecular flexibility index (Phi) is 3.76. The Morgan fingerprint density at radius 1 is 1.26 bits per heavy atom. The summed E-state index contributed by atoms with van der Waals surface area (Å²) in [7, 11) is 0. The summed E-state index contributed by atoms with van der Waals surface area (Å²) < 4.78 is 7.04. The van der Waals surface area contributed by atoms with E-state index in [-0.39, 0.29) is 17.9 Å². The highest BCUT2D eigenvalue weighted by molar-refractivity contribution is 5.48. The lowest BCUT2D eigenvalue weighted by atomic mass is 10.2. The van der Waals surface area contributed by atoms with Crippen LogP contribution in [0.4, 0.5) is 5.69 Å². The number of nitro groups is 1. The second kappa shape index (κ2) is 5.88. The number of aromatic nitrogens is 2. The summed E-state index contributed by atoms with van der Waals surface area (Å²) >= 11 is 0. The van der Waals surface area contributed by atoms with Crippen LogP contribution >= 0.6 is 0 Å². The van der Waals surface area contributed by atoms with Gasteiger partial charge in [-0.3, -0.25) is 19.3 Å². The number of rotatable bonds is 4. The van der Waals surface area contributed by atoms with E-state index in [1.54, 1.807) is 43.5 Å². The molecule has 1 aromatic carbocycles. The average molecular weight is 311 g/mol. The predicted molar refractivity (Wildman–Crippen MR) is 83.6 cm³/mol. The fraction of sp³-hybridized carbons (Fsp3) is 0.125. The van der Waals surface area contributed by atoms with Gasteiger partial charge in [0.1, 0.15) is 18.0 Å². The molecule has 7 nitrogen and oxygen atoms in total. The number of hydrogen-bond donors (Lipinski definition) is 0. The fourth-order valence-electron chi connectivity index (χ4n) is 2.29. The van der Waals surface area contributed by atoms with Gasteiger partial charge in [0.25, 0.3) is 11.2 Å².